The summed E-state index contributed by atoms with van der Waals surface area (Å²) in [6.45, 7) is 10.8. The molecule has 2 aromatic rings. The highest BCUT2D eigenvalue weighted by Gasteiger charge is 2.46. The number of hydrogen-bond acceptors (Lipinski definition) is 10. The average Bonchev–Trinajstić information content (AvgIpc) is 3.34. The van der Waals surface area contributed by atoms with Gasteiger partial charge in [0.15, 0.2) is 17.4 Å². The van der Waals surface area contributed by atoms with Crippen LogP contribution in [-0.4, -0.2) is 67.2 Å². The fourth-order valence-electron chi connectivity index (χ4n) is 3.84. The van der Waals surface area contributed by atoms with E-state index >= 15 is 0 Å². The summed E-state index contributed by atoms with van der Waals surface area (Å²) in [4.78, 5) is 34.0. The van der Waals surface area contributed by atoms with Crippen molar-refractivity contribution in [2.45, 2.75) is 71.2 Å². The Morgan fingerprint density at radius 3 is 2.73 bits per heavy atom. The lowest BCUT2D eigenvalue weighted by Gasteiger charge is -2.25. The minimum atomic E-state index is -4.26. The third-order valence-electron chi connectivity index (χ3n) is 5.85. The van der Waals surface area contributed by atoms with E-state index in [-0.39, 0.29) is 42.8 Å². The van der Waals surface area contributed by atoms with Gasteiger partial charge < -0.3 is 24.8 Å². The van der Waals surface area contributed by atoms with Crippen LogP contribution in [0.3, 0.4) is 0 Å². The van der Waals surface area contributed by atoms with Gasteiger partial charge in [0, 0.05) is 0 Å². The van der Waals surface area contributed by atoms with E-state index in [0.717, 1.165) is 0 Å². The molecule has 0 amide bonds. The summed E-state index contributed by atoms with van der Waals surface area (Å²) in [5, 5.41) is 2.58. The van der Waals surface area contributed by atoms with Crippen LogP contribution >= 0.6 is 19.3 Å². The number of rotatable bonds is 12. The zero-order valence-corrected chi connectivity index (χ0v) is 23.5. The number of nitrogens with one attached hydrogen (secondary N) is 1. The molecule has 15 heteroatoms. The average molecular weight is 563 g/mol. The second kappa shape index (κ2) is 11.8. The molecule has 208 valence electrons. The molecule has 0 aromatic carbocycles. The van der Waals surface area contributed by atoms with Gasteiger partial charge in [-0.3, -0.25) is 13.9 Å². The van der Waals surface area contributed by atoms with Crippen LogP contribution in [0.2, 0.25) is 0 Å². The number of aromatic nitrogens is 4. The topological polar surface area (TPSA) is 173 Å². The maximum Gasteiger partial charge on any atom is 0.403 e. The number of halogens is 1. The predicted molar refractivity (Wildman–Crippen MR) is 137 cm³/mol. The molecule has 0 radical (unpaired) electrons. The van der Waals surface area contributed by atoms with Crippen molar-refractivity contribution < 1.29 is 33.0 Å². The van der Waals surface area contributed by atoms with Crippen molar-refractivity contribution in [2.75, 3.05) is 25.6 Å². The Bertz CT molecular complexity index is 1140. The molecule has 2 aromatic heterocycles. The third-order valence-corrected chi connectivity index (χ3v) is 7.35. The van der Waals surface area contributed by atoms with Crippen LogP contribution in [0.5, 0.6) is 5.88 Å². The van der Waals surface area contributed by atoms with Crippen molar-refractivity contribution in [2.24, 2.45) is 11.8 Å². The number of hydrogen-bond donors (Lipinski definition) is 3. The maximum atomic E-state index is 12.8. The quantitative estimate of drug-likeness (QED) is 0.196. The number of anilines is 1. The lowest BCUT2D eigenvalue weighted by atomic mass is 10.1. The summed E-state index contributed by atoms with van der Waals surface area (Å²) in [6.07, 6.45) is 0.507. The summed E-state index contributed by atoms with van der Waals surface area (Å²) >= 11 is 6.80. The lowest BCUT2D eigenvalue weighted by Crippen LogP contribution is -2.38. The van der Waals surface area contributed by atoms with Crippen LogP contribution in [0.25, 0.3) is 11.2 Å². The van der Waals surface area contributed by atoms with Gasteiger partial charge in [-0.15, -0.1) is 11.6 Å². The van der Waals surface area contributed by atoms with Gasteiger partial charge in [0.25, 0.3) is 0 Å². The maximum absolute atomic E-state index is 12.8. The van der Waals surface area contributed by atoms with Gasteiger partial charge in [0.1, 0.15) is 6.61 Å². The largest absolute Gasteiger partial charge is 0.476 e. The smallest absolute Gasteiger partial charge is 0.403 e. The molecule has 0 saturated carbocycles. The number of esters is 1. The van der Waals surface area contributed by atoms with E-state index in [1.165, 1.54) is 6.33 Å². The van der Waals surface area contributed by atoms with E-state index in [4.69, 9.17) is 36.1 Å². The van der Waals surface area contributed by atoms with Crippen LogP contribution in [0.15, 0.2) is 6.33 Å². The highest BCUT2D eigenvalue weighted by Crippen LogP contribution is 2.46. The zero-order valence-electron chi connectivity index (χ0n) is 21.9. The van der Waals surface area contributed by atoms with E-state index < -0.39 is 31.0 Å². The van der Waals surface area contributed by atoms with Gasteiger partial charge >= 0.3 is 13.7 Å². The minimum Gasteiger partial charge on any atom is -0.476 e. The number of nitrogens with zero attached hydrogens (tertiary/aromatic N) is 4. The van der Waals surface area contributed by atoms with E-state index in [1.807, 2.05) is 20.8 Å². The summed E-state index contributed by atoms with van der Waals surface area (Å²) in [5.41, 5.74) is 6.65. The molecular weight excluding hydrogens is 527 g/mol. The zero-order chi connectivity index (χ0) is 27.5. The summed E-state index contributed by atoms with van der Waals surface area (Å²) in [5.74, 6) is -0.529. The number of ether oxygens (including phenoxy) is 3. The summed E-state index contributed by atoms with van der Waals surface area (Å²) in [6, 6.07) is -0.587. The third kappa shape index (κ3) is 7.30. The molecule has 0 aliphatic carbocycles. The molecule has 5 atom stereocenters. The van der Waals surface area contributed by atoms with Crippen LogP contribution in [0.4, 0.5) is 5.95 Å². The van der Waals surface area contributed by atoms with Gasteiger partial charge in [-0.25, -0.2) is 14.6 Å². The molecule has 3 heterocycles. The van der Waals surface area contributed by atoms with Gasteiger partial charge in [-0.1, -0.05) is 27.7 Å². The van der Waals surface area contributed by atoms with E-state index in [2.05, 4.69) is 20.0 Å². The van der Waals surface area contributed by atoms with Gasteiger partial charge in [0.05, 0.1) is 42.5 Å². The molecule has 1 aliphatic heterocycles. The van der Waals surface area contributed by atoms with Crippen molar-refractivity contribution in [3.05, 3.63) is 6.33 Å². The number of nitrogens with two attached hydrogens (primary N) is 1. The number of fused-ring (bicyclic) bond motifs is 1. The first-order valence-electron chi connectivity index (χ1n) is 12.1. The number of carbonyl (C=O) groups excluding carboxylic acids is 1. The second-order valence-electron chi connectivity index (χ2n) is 9.82. The number of imidazole rings is 1. The highest BCUT2D eigenvalue weighted by molar-refractivity contribution is 7.50. The number of carbonyl (C=O) groups is 1. The van der Waals surface area contributed by atoms with Crippen LogP contribution < -0.4 is 15.6 Å². The Labute approximate surface area is 221 Å². The van der Waals surface area contributed by atoms with Crippen LogP contribution in [0.1, 0.15) is 54.2 Å². The molecule has 3 rings (SSSR count). The molecule has 1 saturated heterocycles. The second-order valence-corrected chi connectivity index (χ2v) is 12.2. The van der Waals surface area contributed by atoms with E-state index in [0.29, 0.717) is 24.2 Å². The van der Waals surface area contributed by atoms with Crippen molar-refractivity contribution in [1.82, 2.24) is 24.6 Å². The van der Waals surface area contributed by atoms with Crippen molar-refractivity contribution in [3.63, 3.8) is 0 Å². The fraction of sp³-hybridized carbons (Fsp3) is 0.727. The molecule has 37 heavy (non-hydrogen) atoms. The molecule has 1 fully saturated rings. The molecule has 0 spiro atoms. The normalized spacial score (nSPS) is 24.5. The Balaban J connectivity index is 1.68. The van der Waals surface area contributed by atoms with Gasteiger partial charge in [-0.05, 0) is 26.2 Å². The lowest BCUT2D eigenvalue weighted by molar-refractivity contribution is -0.148. The Morgan fingerprint density at radius 1 is 1.41 bits per heavy atom. The van der Waals surface area contributed by atoms with Crippen molar-refractivity contribution in [1.29, 1.82) is 0 Å². The molecular formula is C22H36ClN6O7P. The predicted octanol–water partition coefficient (Wildman–Crippen LogP) is 3.02. The first-order chi connectivity index (χ1) is 17.2. The first-order valence-corrected chi connectivity index (χ1v) is 14.1. The Hall–Kier alpha value is -2.02. The molecule has 0 bridgehead atoms. The van der Waals surface area contributed by atoms with Crippen LogP contribution in [-0.2, 0) is 23.4 Å². The van der Waals surface area contributed by atoms with Crippen molar-refractivity contribution >= 4 is 42.4 Å². The standard InChI is InChI=1S/C22H36ClN6O7P/c1-7-33-18-16-17(26-21(24)27-18)29(11-25-16)20-22(6,23)8-14(36-20)9-35-37(31,32)28-15(12(2)3)10-34-19(30)13(4)5/h11-15,20H,7-10H2,1-6H3,(H2,24,26,27)(H2,28,31,32)/t14?,15-,20+,22+/m0/s1. The molecule has 13 nitrogen and oxygen atoms in total. The monoisotopic (exact) mass is 562 g/mol. The van der Waals surface area contributed by atoms with Gasteiger partial charge in [0.2, 0.25) is 11.8 Å². The molecule has 1 aliphatic rings. The van der Waals surface area contributed by atoms with E-state index in [1.54, 1.807) is 25.3 Å². The fourth-order valence-corrected chi connectivity index (χ4v) is 5.40. The Kier molecular flexibility index (Phi) is 9.41. The van der Waals surface area contributed by atoms with Crippen molar-refractivity contribution in [3.8, 4) is 5.88 Å². The number of nitrogen functional groups attached to an aromatic ring is 1. The van der Waals surface area contributed by atoms with Gasteiger partial charge in [-0.2, -0.15) is 9.97 Å². The first kappa shape index (κ1) is 29.5. The van der Waals surface area contributed by atoms with E-state index in [9.17, 15) is 14.3 Å². The summed E-state index contributed by atoms with van der Waals surface area (Å²) < 4.78 is 36.6. The van der Waals surface area contributed by atoms with Crippen LogP contribution in [0, 0.1) is 11.8 Å². The SMILES string of the molecule is CCOc1nc(N)nc2c1ncn2[C@@H]1OC(COP(=O)(O)N[C@@H](COC(=O)C(C)C)C(C)C)C[C@@]1(C)Cl. The summed E-state index contributed by atoms with van der Waals surface area (Å²) in [7, 11) is -4.26. The minimum absolute atomic E-state index is 0.0120. The Morgan fingerprint density at radius 2 is 2.11 bits per heavy atom. The number of alkyl halides is 1. The molecule has 2 unspecified atom stereocenters. The molecule has 4 N–H and O–H groups in total. The highest BCUT2D eigenvalue weighted by atomic mass is 35.5.